The Balaban J connectivity index is 3.17. The summed E-state index contributed by atoms with van der Waals surface area (Å²) in [5.41, 5.74) is 0. The molecule has 0 aromatic rings. The molecule has 2 unspecified atom stereocenters. The van der Waals surface area contributed by atoms with E-state index in [1.165, 1.54) is 0 Å². The molecule has 178 valence electrons. The van der Waals surface area contributed by atoms with Crippen LogP contribution in [0.1, 0.15) is 40.5 Å². The third kappa shape index (κ3) is 7.38. The largest absolute Gasteiger partial charge is 0.432 e. The number of ether oxygens (including phenoxy) is 1. The minimum atomic E-state index is -4.06. The molecule has 1 rings (SSSR count). The van der Waals surface area contributed by atoms with Crippen LogP contribution in [0.15, 0.2) is 0 Å². The first-order chi connectivity index (χ1) is 13.5. The Hall–Kier alpha value is 0.222. The first-order valence-corrected chi connectivity index (χ1v) is 16.7. The minimum absolute atomic E-state index is 0.000331. The third-order valence-electron chi connectivity index (χ3n) is 5.91. The van der Waals surface area contributed by atoms with E-state index in [0.717, 1.165) is 6.26 Å². The van der Waals surface area contributed by atoms with Crippen molar-refractivity contribution in [1.82, 2.24) is 0 Å². The van der Waals surface area contributed by atoms with Crippen LogP contribution >= 0.6 is 7.60 Å². The molecule has 1 aliphatic heterocycles. The van der Waals surface area contributed by atoms with Crippen molar-refractivity contribution in [2.24, 2.45) is 5.92 Å². The molecule has 0 bridgehead atoms. The molecule has 30 heavy (non-hydrogen) atoms. The van der Waals surface area contributed by atoms with Gasteiger partial charge in [-0.05, 0) is 50.7 Å². The molecule has 1 aliphatic rings. The van der Waals surface area contributed by atoms with E-state index in [-0.39, 0.29) is 30.2 Å². The van der Waals surface area contributed by atoms with Crippen molar-refractivity contribution in [3.05, 3.63) is 0 Å². The van der Waals surface area contributed by atoms with Gasteiger partial charge in [-0.2, -0.15) is 8.42 Å². The Bertz CT molecular complexity index is 703. The summed E-state index contributed by atoms with van der Waals surface area (Å²) in [4.78, 5) is 10.6. The Morgan fingerprint density at radius 3 is 2.17 bits per heavy atom. The lowest BCUT2D eigenvalue weighted by Gasteiger charge is -2.37. The highest BCUT2D eigenvalue weighted by molar-refractivity contribution is 7.86. The topological polar surface area (TPSA) is 129 Å². The zero-order chi connectivity index (χ0) is 23.5. The van der Waals surface area contributed by atoms with E-state index in [2.05, 4.69) is 0 Å². The molecule has 5 atom stereocenters. The van der Waals surface area contributed by atoms with Gasteiger partial charge in [-0.1, -0.05) is 13.8 Å². The van der Waals surface area contributed by atoms with E-state index in [1.54, 1.807) is 13.8 Å². The maximum atomic E-state index is 13.1. The van der Waals surface area contributed by atoms with Crippen molar-refractivity contribution < 1.29 is 40.9 Å². The van der Waals surface area contributed by atoms with Crippen molar-refractivity contribution in [1.29, 1.82) is 0 Å². The highest BCUT2D eigenvalue weighted by Crippen LogP contribution is 2.55. The van der Waals surface area contributed by atoms with Gasteiger partial charge in [-0.3, -0.25) is 8.75 Å². The van der Waals surface area contributed by atoms with Gasteiger partial charge in [-0.15, -0.1) is 0 Å². The summed E-state index contributed by atoms with van der Waals surface area (Å²) in [6.45, 7) is 11.0. The van der Waals surface area contributed by atoms with Gasteiger partial charge in [0.25, 0.3) is 10.1 Å². The van der Waals surface area contributed by atoms with Gasteiger partial charge in [-0.25, -0.2) is 0 Å². The molecular weight excluding hydrogens is 450 g/mol. The monoisotopic (exact) mass is 488 g/mol. The van der Waals surface area contributed by atoms with E-state index in [4.69, 9.17) is 18.0 Å². The van der Waals surface area contributed by atoms with Crippen LogP contribution < -0.4 is 0 Å². The standard InChI is InChI=1S/C17H38BO9PSSi/c1-8-24-28(20,25-9-2)16(19)14(27-29(5,21)22)13-10-12(15(18)26-13)11-17(3,4)30(6,7)23/h12-16,19,23H,8-11,18H2,1-7H3/t12-,13+,14?,15-,16?/m1/s1. The number of aliphatic hydroxyl groups excluding tert-OH is 1. The second kappa shape index (κ2) is 10.4. The molecule has 0 saturated carbocycles. The summed E-state index contributed by atoms with van der Waals surface area (Å²) in [6.07, 6.45) is -0.374. The van der Waals surface area contributed by atoms with Gasteiger partial charge in [0.15, 0.2) is 14.2 Å². The van der Waals surface area contributed by atoms with E-state index in [1.807, 2.05) is 34.8 Å². The van der Waals surface area contributed by atoms with Crippen LogP contribution in [0.5, 0.6) is 0 Å². The molecule has 0 aromatic heterocycles. The SMILES string of the molecule is B[C@@H]1O[C@H](C(OS(C)(=O)=O)C(O)P(=O)(OCC)OCC)C[C@@H]1CC(C)(C)[Si](C)(C)O. The number of aliphatic hydroxyl groups is 1. The highest BCUT2D eigenvalue weighted by Gasteiger charge is 2.51. The van der Waals surface area contributed by atoms with Crippen molar-refractivity contribution in [3.8, 4) is 0 Å². The number of rotatable bonds is 12. The predicted molar refractivity (Wildman–Crippen MR) is 120 cm³/mol. The second-order valence-electron chi connectivity index (χ2n) is 9.08. The van der Waals surface area contributed by atoms with Gasteiger partial charge >= 0.3 is 7.60 Å². The van der Waals surface area contributed by atoms with Gasteiger partial charge in [0, 0.05) is 6.00 Å². The van der Waals surface area contributed by atoms with Crippen molar-refractivity contribution in [2.45, 2.75) is 82.7 Å². The summed E-state index contributed by atoms with van der Waals surface area (Å²) in [7, 11) is -8.65. The molecule has 0 amide bonds. The minimum Gasteiger partial charge on any atom is -0.432 e. The molecule has 0 aliphatic carbocycles. The fourth-order valence-corrected chi connectivity index (χ4v) is 6.72. The maximum Gasteiger partial charge on any atom is 0.361 e. The Morgan fingerprint density at radius 2 is 1.77 bits per heavy atom. The first-order valence-electron chi connectivity index (χ1n) is 10.3. The van der Waals surface area contributed by atoms with E-state index in [0.29, 0.717) is 12.8 Å². The quantitative estimate of drug-likeness (QED) is 0.239. The average Bonchev–Trinajstić information content (AvgIpc) is 2.90. The molecule has 1 heterocycles. The van der Waals surface area contributed by atoms with Crippen LogP contribution in [-0.2, 0) is 32.7 Å². The lowest BCUT2D eigenvalue weighted by molar-refractivity contribution is -0.0424. The van der Waals surface area contributed by atoms with Gasteiger partial charge < -0.3 is 23.7 Å². The summed E-state index contributed by atoms with van der Waals surface area (Å²) >= 11 is 0. The summed E-state index contributed by atoms with van der Waals surface area (Å²) in [5, 5.41) is 10.5. The molecular formula is C17H38BO9PSSi. The predicted octanol–water partition coefficient (Wildman–Crippen LogP) is 1.65. The van der Waals surface area contributed by atoms with Gasteiger partial charge in [0.05, 0.1) is 25.6 Å². The van der Waals surface area contributed by atoms with E-state index in [9.17, 15) is 22.9 Å². The molecule has 1 fully saturated rings. The second-order valence-corrected chi connectivity index (χ2v) is 17.3. The van der Waals surface area contributed by atoms with E-state index < -0.39 is 44.1 Å². The third-order valence-corrected chi connectivity index (χ3v) is 12.2. The van der Waals surface area contributed by atoms with Crippen LogP contribution in [0.3, 0.4) is 0 Å². The molecule has 1 saturated heterocycles. The lowest BCUT2D eigenvalue weighted by atomic mass is 9.80. The molecule has 13 heteroatoms. The molecule has 0 spiro atoms. The average molecular weight is 488 g/mol. The fraction of sp³-hybridized carbons (Fsp3) is 1.00. The van der Waals surface area contributed by atoms with Crippen LogP contribution in [0.4, 0.5) is 0 Å². The Kier molecular flexibility index (Phi) is 9.83. The zero-order valence-electron chi connectivity index (χ0n) is 19.3. The molecule has 9 nitrogen and oxygen atoms in total. The summed E-state index contributed by atoms with van der Waals surface area (Å²) < 4.78 is 58.3. The van der Waals surface area contributed by atoms with E-state index >= 15 is 0 Å². The number of hydrogen-bond acceptors (Lipinski definition) is 9. The number of hydrogen-bond donors (Lipinski definition) is 2. The molecule has 0 aromatic carbocycles. The van der Waals surface area contributed by atoms with Gasteiger partial charge in [0.2, 0.25) is 0 Å². The molecule has 0 radical (unpaired) electrons. The normalized spacial score (nSPS) is 26.0. The lowest BCUT2D eigenvalue weighted by Crippen LogP contribution is -2.42. The zero-order valence-corrected chi connectivity index (χ0v) is 22.0. The van der Waals surface area contributed by atoms with Crippen LogP contribution in [0.2, 0.25) is 18.1 Å². The highest BCUT2D eigenvalue weighted by atomic mass is 32.2. The first kappa shape index (κ1) is 28.3. The Morgan fingerprint density at radius 1 is 1.27 bits per heavy atom. The summed E-state index contributed by atoms with van der Waals surface area (Å²) in [5.74, 6) is -1.83. The van der Waals surface area contributed by atoms with Crippen molar-refractivity contribution >= 4 is 33.9 Å². The van der Waals surface area contributed by atoms with Crippen LogP contribution in [0.25, 0.3) is 0 Å². The molecule has 2 N–H and O–H groups in total. The van der Waals surface area contributed by atoms with Gasteiger partial charge in [0.1, 0.15) is 14.0 Å². The van der Waals surface area contributed by atoms with Crippen LogP contribution in [0, 0.1) is 5.92 Å². The summed E-state index contributed by atoms with van der Waals surface area (Å²) in [6, 6.07) is -0.262. The van der Waals surface area contributed by atoms with Crippen LogP contribution in [-0.4, -0.2) is 78.0 Å². The fourth-order valence-electron chi connectivity index (χ4n) is 3.53. The van der Waals surface area contributed by atoms with Crippen molar-refractivity contribution in [2.75, 3.05) is 19.5 Å². The Labute approximate surface area is 183 Å². The maximum absolute atomic E-state index is 13.1. The van der Waals surface area contributed by atoms with Crippen molar-refractivity contribution in [3.63, 3.8) is 0 Å². The smallest absolute Gasteiger partial charge is 0.361 e.